The summed E-state index contributed by atoms with van der Waals surface area (Å²) in [5, 5.41) is 3.99. The van der Waals surface area contributed by atoms with Gasteiger partial charge in [-0.15, -0.1) is 11.3 Å². The molecule has 38 heavy (non-hydrogen) atoms. The molecule has 0 atom stereocenters. The molecule has 8 heteroatoms. The number of fused-ring (bicyclic) bond motifs is 1. The van der Waals surface area contributed by atoms with Gasteiger partial charge in [-0.05, 0) is 49.2 Å². The van der Waals surface area contributed by atoms with E-state index in [1.54, 1.807) is 4.68 Å². The molecular weight excluding hydrogens is 514 g/mol. The summed E-state index contributed by atoms with van der Waals surface area (Å²) in [5.41, 5.74) is 6.31. The lowest BCUT2D eigenvalue weighted by Gasteiger charge is -2.09. The minimum Gasteiger partial charge on any atom is -0.361 e. The molecule has 3 aromatic carbocycles. The number of benzene rings is 3. The number of H-pyrrole nitrogens is 1. The number of halogens is 1. The Kier molecular flexibility index (Phi) is 6.39. The molecule has 6 rings (SSSR count). The minimum absolute atomic E-state index is 0.142. The van der Waals surface area contributed by atoms with Gasteiger partial charge in [0, 0.05) is 46.7 Å². The Hall–Kier alpha value is -4.07. The van der Waals surface area contributed by atoms with Crippen LogP contribution in [0.3, 0.4) is 0 Å². The van der Waals surface area contributed by atoms with Gasteiger partial charge in [0.05, 0.1) is 17.1 Å². The van der Waals surface area contributed by atoms with Crippen LogP contribution in [0.4, 0.5) is 5.69 Å². The van der Waals surface area contributed by atoms with Gasteiger partial charge in [-0.3, -0.25) is 9.48 Å². The van der Waals surface area contributed by atoms with Gasteiger partial charge in [0.25, 0.3) is 5.56 Å². The van der Waals surface area contributed by atoms with E-state index in [1.165, 1.54) is 22.3 Å². The van der Waals surface area contributed by atoms with E-state index in [-0.39, 0.29) is 5.56 Å². The molecule has 6 aromatic rings. The second kappa shape index (κ2) is 10.0. The molecule has 0 aliphatic rings. The molecule has 0 spiro atoms. The molecule has 0 amide bonds. The van der Waals surface area contributed by atoms with Crippen molar-refractivity contribution in [3.63, 3.8) is 0 Å². The molecule has 0 unspecified atom stereocenters. The van der Waals surface area contributed by atoms with Gasteiger partial charge in [-0.1, -0.05) is 60.1 Å². The first-order chi connectivity index (χ1) is 18.5. The third kappa shape index (κ3) is 4.34. The third-order valence-corrected chi connectivity index (χ3v) is 8.03. The Labute approximate surface area is 228 Å². The fourth-order valence-electron chi connectivity index (χ4n) is 4.86. The zero-order chi connectivity index (χ0) is 26.2. The summed E-state index contributed by atoms with van der Waals surface area (Å²) in [7, 11) is 1.89. The van der Waals surface area contributed by atoms with Crippen molar-refractivity contribution in [2.45, 2.75) is 19.9 Å². The molecule has 0 aliphatic heterocycles. The number of hydrogen-bond acceptors (Lipinski definition) is 3. The summed E-state index contributed by atoms with van der Waals surface area (Å²) in [6.45, 7) is 2.63. The first-order valence-electron chi connectivity index (χ1n) is 12.4. The smallest absolute Gasteiger partial charge is 0.297 e. The van der Waals surface area contributed by atoms with Crippen molar-refractivity contribution in [1.29, 1.82) is 0 Å². The molecule has 0 aliphatic carbocycles. The van der Waals surface area contributed by atoms with Crippen LogP contribution < -0.4 is 10.4 Å². The highest BCUT2D eigenvalue weighted by atomic mass is 35.5. The highest BCUT2D eigenvalue weighted by molar-refractivity contribution is 7.07. The van der Waals surface area contributed by atoms with E-state index in [0.29, 0.717) is 17.3 Å². The number of hydrogen-bond donors (Lipinski definition) is 1. The Morgan fingerprint density at radius 3 is 2.61 bits per heavy atom. The molecule has 1 N–H and O–H groups in total. The highest BCUT2D eigenvalue weighted by Crippen LogP contribution is 2.25. The van der Waals surface area contributed by atoms with Crippen molar-refractivity contribution in [1.82, 2.24) is 18.9 Å². The standard InChI is InChI=1S/C30H26ClN5OS/c1-20-28(29(37)36(34(20)2)24-11-4-3-5-12-24)33-30-35(27(19-38-30)21-9-8-10-23(31)17-21)16-15-22-18-32-26-14-7-6-13-25(22)26/h3-14,17-19,32H,15-16H2,1-2H3. The van der Waals surface area contributed by atoms with Crippen LogP contribution in [0.15, 0.2) is 100 Å². The Morgan fingerprint density at radius 2 is 1.79 bits per heavy atom. The van der Waals surface area contributed by atoms with E-state index in [4.69, 9.17) is 16.6 Å². The molecular formula is C30H26ClN5OS. The molecule has 0 radical (unpaired) electrons. The van der Waals surface area contributed by atoms with E-state index in [1.807, 2.05) is 73.3 Å². The monoisotopic (exact) mass is 539 g/mol. The zero-order valence-electron chi connectivity index (χ0n) is 21.1. The van der Waals surface area contributed by atoms with Crippen LogP contribution in [0.25, 0.3) is 27.8 Å². The highest BCUT2D eigenvalue weighted by Gasteiger charge is 2.17. The topological polar surface area (TPSA) is 60.0 Å². The molecule has 0 saturated heterocycles. The van der Waals surface area contributed by atoms with Crippen LogP contribution in [0.1, 0.15) is 11.3 Å². The molecule has 0 fully saturated rings. The van der Waals surface area contributed by atoms with E-state index in [0.717, 1.165) is 39.4 Å². The maximum absolute atomic E-state index is 13.6. The first-order valence-corrected chi connectivity index (χ1v) is 13.6. The van der Waals surface area contributed by atoms with Crippen molar-refractivity contribution in [2.75, 3.05) is 0 Å². The van der Waals surface area contributed by atoms with Crippen LogP contribution in [0.5, 0.6) is 0 Å². The van der Waals surface area contributed by atoms with Crippen molar-refractivity contribution >= 4 is 39.5 Å². The minimum atomic E-state index is -0.142. The van der Waals surface area contributed by atoms with Gasteiger partial charge in [0.15, 0.2) is 10.5 Å². The van der Waals surface area contributed by atoms with Crippen molar-refractivity contribution < 1.29 is 0 Å². The third-order valence-electron chi connectivity index (χ3n) is 6.93. The second-order valence-corrected chi connectivity index (χ2v) is 10.5. The maximum atomic E-state index is 13.6. The largest absolute Gasteiger partial charge is 0.361 e. The van der Waals surface area contributed by atoms with Gasteiger partial charge in [-0.2, -0.15) is 0 Å². The summed E-state index contributed by atoms with van der Waals surface area (Å²) in [4.78, 5) is 22.7. The predicted octanol–water partition coefficient (Wildman–Crippen LogP) is 6.62. The summed E-state index contributed by atoms with van der Waals surface area (Å²) < 4.78 is 5.71. The molecule has 3 heterocycles. The van der Waals surface area contributed by atoms with Crippen LogP contribution in [0.2, 0.25) is 5.02 Å². The van der Waals surface area contributed by atoms with Gasteiger partial charge >= 0.3 is 0 Å². The Morgan fingerprint density at radius 1 is 1.00 bits per heavy atom. The van der Waals surface area contributed by atoms with E-state index < -0.39 is 0 Å². The number of aromatic nitrogens is 4. The number of thiazole rings is 1. The quantitative estimate of drug-likeness (QED) is 0.254. The lowest BCUT2D eigenvalue weighted by atomic mass is 10.1. The molecule has 6 nitrogen and oxygen atoms in total. The summed E-state index contributed by atoms with van der Waals surface area (Å²) in [6.07, 6.45) is 2.89. The van der Waals surface area contributed by atoms with E-state index in [9.17, 15) is 4.79 Å². The first kappa shape index (κ1) is 24.3. The van der Waals surface area contributed by atoms with Gasteiger partial charge in [0.1, 0.15) is 0 Å². The summed E-state index contributed by atoms with van der Waals surface area (Å²) in [5.74, 6) is 0. The Balaban J connectivity index is 1.48. The lowest BCUT2D eigenvalue weighted by Crippen LogP contribution is -2.20. The average Bonchev–Trinajstić information content (AvgIpc) is 3.59. The van der Waals surface area contributed by atoms with Crippen LogP contribution >= 0.6 is 22.9 Å². The number of para-hydroxylation sites is 2. The second-order valence-electron chi connectivity index (χ2n) is 9.20. The molecule has 190 valence electrons. The lowest BCUT2D eigenvalue weighted by molar-refractivity contribution is 0.630. The average molecular weight is 540 g/mol. The SMILES string of the molecule is Cc1c(N=c2scc(-c3cccc(Cl)c3)n2CCc2c[nH]c3ccccc23)c(=O)n(-c2ccccc2)n1C. The van der Waals surface area contributed by atoms with Crippen molar-refractivity contribution in [3.8, 4) is 16.9 Å². The van der Waals surface area contributed by atoms with Gasteiger partial charge in [-0.25, -0.2) is 9.67 Å². The molecule has 3 aromatic heterocycles. The summed E-state index contributed by atoms with van der Waals surface area (Å²) >= 11 is 7.88. The number of rotatable bonds is 6. The fourth-order valence-corrected chi connectivity index (χ4v) is 5.99. The number of aromatic amines is 1. The maximum Gasteiger partial charge on any atom is 0.297 e. The summed E-state index contributed by atoms with van der Waals surface area (Å²) in [6, 6.07) is 25.8. The zero-order valence-corrected chi connectivity index (χ0v) is 22.6. The van der Waals surface area contributed by atoms with Gasteiger partial charge < -0.3 is 9.55 Å². The Bertz CT molecular complexity index is 1890. The number of nitrogens with one attached hydrogen (secondary N) is 1. The van der Waals surface area contributed by atoms with Crippen molar-refractivity contribution in [3.05, 3.63) is 122 Å². The number of aryl methyl sites for hydroxylation is 1. The van der Waals surface area contributed by atoms with Gasteiger partial charge in [0.2, 0.25) is 0 Å². The predicted molar refractivity (Wildman–Crippen MR) is 156 cm³/mol. The fraction of sp³-hybridized carbons (Fsp3) is 0.133. The van der Waals surface area contributed by atoms with E-state index >= 15 is 0 Å². The van der Waals surface area contributed by atoms with Crippen molar-refractivity contribution in [2.24, 2.45) is 12.0 Å². The number of nitrogens with zero attached hydrogens (tertiary/aromatic N) is 4. The van der Waals surface area contributed by atoms with Crippen LogP contribution in [-0.4, -0.2) is 18.9 Å². The van der Waals surface area contributed by atoms with E-state index in [2.05, 4.69) is 45.4 Å². The van der Waals surface area contributed by atoms with Crippen LogP contribution in [-0.2, 0) is 20.0 Å². The van der Waals surface area contributed by atoms with Crippen LogP contribution in [0, 0.1) is 6.92 Å². The normalized spacial score (nSPS) is 12.0. The molecule has 0 saturated carbocycles. The molecule has 0 bridgehead atoms.